The molecule has 1 aromatic carbocycles. The zero-order valence-corrected chi connectivity index (χ0v) is 11.4. The first-order valence-corrected chi connectivity index (χ1v) is 7.44. The molecule has 0 saturated heterocycles. The number of hydrogen-bond acceptors (Lipinski definition) is 3. The highest BCUT2D eigenvalue weighted by molar-refractivity contribution is 9.10. The van der Waals surface area contributed by atoms with Crippen LogP contribution in [0.15, 0.2) is 16.6 Å². The van der Waals surface area contributed by atoms with E-state index >= 15 is 0 Å². The molecule has 0 aromatic heterocycles. The standard InChI is InChI=1S/C9H9BrClFO3S/c1-16(14,15)4-7(13)5-2-3-6(10)8(11)9(5)12/h2-3,7,13H,4H2,1H3. The lowest BCUT2D eigenvalue weighted by atomic mass is 10.1. The van der Waals surface area contributed by atoms with E-state index in [1.165, 1.54) is 12.1 Å². The third-order valence-electron chi connectivity index (χ3n) is 1.88. The number of benzene rings is 1. The van der Waals surface area contributed by atoms with Crippen molar-refractivity contribution in [3.8, 4) is 0 Å². The van der Waals surface area contributed by atoms with E-state index in [2.05, 4.69) is 15.9 Å². The van der Waals surface area contributed by atoms with E-state index in [0.717, 1.165) is 6.26 Å². The second-order valence-electron chi connectivity index (χ2n) is 3.37. The minimum Gasteiger partial charge on any atom is -0.387 e. The van der Waals surface area contributed by atoms with Crippen LogP contribution in [0.3, 0.4) is 0 Å². The minimum absolute atomic E-state index is 0.126. The molecule has 0 aliphatic heterocycles. The van der Waals surface area contributed by atoms with Gasteiger partial charge in [0, 0.05) is 16.3 Å². The number of rotatable bonds is 3. The summed E-state index contributed by atoms with van der Waals surface area (Å²) in [5, 5.41) is 9.38. The van der Waals surface area contributed by atoms with Gasteiger partial charge in [-0.15, -0.1) is 0 Å². The average molecular weight is 332 g/mol. The highest BCUT2D eigenvalue weighted by Crippen LogP contribution is 2.30. The predicted molar refractivity (Wildman–Crippen MR) is 63.8 cm³/mol. The summed E-state index contributed by atoms with van der Waals surface area (Å²) in [7, 11) is -3.38. The first-order valence-electron chi connectivity index (χ1n) is 4.21. The maximum Gasteiger partial charge on any atom is 0.150 e. The zero-order chi connectivity index (χ0) is 12.5. The molecule has 3 nitrogen and oxygen atoms in total. The Morgan fingerprint density at radius 3 is 2.62 bits per heavy atom. The molecule has 0 aliphatic carbocycles. The summed E-state index contributed by atoms with van der Waals surface area (Å²) in [4.78, 5) is 0. The van der Waals surface area contributed by atoms with Gasteiger partial charge in [0.05, 0.1) is 16.9 Å². The van der Waals surface area contributed by atoms with Gasteiger partial charge in [0.15, 0.2) is 0 Å². The van der Waals surface area contributed by atoms with Gasteiger partial charge >= 0.3 is 0 Å². The van der Waals surface area contributed by atoms with Gasteiger partial charge in [0.1, 0.15) is 15.7 Å². The SMILES string of the molecule is CS(=O)(=O)CC(O)c1ccc(Br)c(Cl)c1F. The first kappa shape index (κ1) is 13.9. The van der Waals surface area contributed by atoms with Crippen molar-refractivity contribution in [1.82, 2.24) is 0 Å². The molecule has 0 bridgehead atoms. The Balaban J connectivity index is 3.10. The van der Waals surface area contributed by atoms with Gasteiger partial charge in [-0.3, -0.25) is 0 Å². The van der Waals surface area contributed by atoms with Crippen molar-refractivity contribution in [2.75, 3.05) is 12.0 Å². The molecule has 1 rings (SSSR count). The molecule has 1 atom stereocenters. The fourth-order valence-electron chi connectivity index (χ4n) is 1.17. The maximum absolute atomic E-state index is 13.6. The molecule has 7 heteroatoms. The number of hydrogen-bond donors (Lipinski definition) is 1. The van der Waals surface area contributed by atoms with Gasteiger partial charge in [-0.2, -0.15) is 0 Å². The lowest BCUT2D eigenvalue weighted by Gasteiger charge is -2.12. The molecule has 0 aliphatic rings. The van der Waals surface area contributed by atoms with Crippen LogP contribution in [-0.2, 0) is 9.84 Å². The first-order chi connectivity index (χ1) is 7.22. The van der Waals surface area contributed by atoms with Crippen LogP contribution in [0.5, 0.6) is 0 Å². The van der Waals surface area contributed by atoms with Gasteiger partial charge < -0.3 is 5.11 Å². The minimum atomic E-state index is -3.38. The van der Waals surface area contributed by atoms with Crippen molar-refractivity contribution in [1.29, 1.82) is 0 Å². The average Bonchev–Trinajstić information content (AvgIpc) is 2.11. The second-order valence-corrected chi connectivity index (χ2v) is 6.79. The van der Waals surface area contributed by atoms with Crippen molar-refractivity contribution in [3.05, 3.63) is 33.0 Å². The Morgan fingerprint density at radius 1 is 1.56 bits per heavy atom. The van der Waals surface area contributed by atoms with Crippen LogP contribution in [0.1, 0.15) is 11.7 Å². The third-order valence-corrected chi connectivity index (χ3v) is 4.06. The predicted octanol–water partition coefficient (Wildman–Crippen LogP) is 2.32. The van der Waals surface area contributed by atoms with E-state index < -0.39 is 27.5 Å². The molecule has 1 aromatic rings. The summed E-state index contributed by atoms with van der Waals surface area (Å²) >= 11 is 8.63. The van der Waals surface area contributed by atoms with E-state index in [1.54, 1.807) is 0 Å². The Hall–Kier alpha value is -0.170. The fraction of sp³-hybridized carbons (Fsp3) is 0.333. The summed E-state index contributed by atoms with van der Waals surface area (Å²) in [5.74, 6) is -1.35. The molecule has 0 saturated carbocycles. The van der Waals surface area contributed by atoms with Crippen LogP contribution in [0.4, 0.5) is 4.39 Å². The van der Waals surface area contributed by atoms with Crippen molar-refractivity contribution in [2.24, 2.45) is 0 Å². The molecule has 16 heavy (non-hydrogen) atoms. The maximum atomic E-state index is 13.6. The molecule has 1 unspecified atom stereocenters. The van der Waals surface area contributed by atoms with Gasteiger partial charge in [-0.1, -0.05) is 17.7 Å². The summed E-state index contributed by atoms with van der Waals surface area (Å²) in [6, 6.07) is 2.74. The Morgan fingerprint density at radius 2 is 2.12 bits per heavy atom. The van der Waals surface area contributed by atoms with Crippen LogP contribution in [0.2, 0.25) is 5.02 Å². The molecule has 0 fully saturated rings. The summed E-state index contributed by atoms with van der Waals surface area (Å²) < 4.78 is 35.8. The van der Waals surface area contributed by atoms with Crippen molar-refractivity contribution in [3.63, 3.8) is 0 Å². The van der Waals surface area contributed by atoms with Crippen LogP contribution in [0.25, 0.3) is 0 Å². The molecule has 0 amide bonds. The Labute approximate surface area is 106 Å². The van der Waals surface area contributed by atoms with Gasteiger partial charge in [-0.25, -0.2) is 12.8 Å². The van der Waals surface area contributed by atoms with Crippen molar-refractivity contribution >= 4 is 37.4 Å². The van der Waals surface area contributed by atoms with Crippen molar-refractivity contribution in [2.45, 2.75) is 6.10 Å². The number of aliphatic hydroxyl groups excluding tert-OH is 1. The Kier molecular flexibility index (Phi) is 4.34. The van der Waals surface area contributed by atoms with Gasteiger partial charge in [0.25, 0.3) is 0 Å². The number of sulfone groups is 1. The van der Waals surface area contributed by atoms with E-state index in [1.807, 2.05) is 0 Å². The monoisotopic (exact) mass is 330 g/mol. The van der Waals surface area contributed by atoms with Crippen LogP contribution < -0.4 is 0 Å². The Bertz CT molecular complexity index is 504. The molecular weight excluding hydrogens is 323 g/mol. The normalized spacial score (nSPS) is 13.8. The fourth-order valence-corrected chi connectivity index (χ4v) is 2.41. The summed E-state index contributed by atoms with van der Waals surface area (Å²) in [6.45, 7) is 0. The van der Waals surface area contributed by atoms with E-state index in [9.17, 15) is 17.9 Å². The lowest BCUT2D eigenvalue weighted by molar-refractivity contribution is 0.196. The quantitative estimate of drug-likeness (QED) is 0.865. The molecule has 1 N–H and O–H groups in total. The third kappa shape index (κ3) is 3.41. The highest BCUT2D eigenvalue weighted by atomic mass is 79.9. The van der Waals surface area contributed by atoms with Crippen molar-refractivity contribution < 1.29 is 17.9 Å². The van der Waals surface area contributed by atoms with Gasteiger partial charge in [-0.05, 0) is 22.0 Å². The summed E-state index contributed by atoms with van der Waals surface area (Å²) in [5.41, 5.74) is -0.126. The zero-order valence-electron chi connectivity index (χ0n) is 8.25. The van der Waals surface area contributed by atoms with E-state index in [0.29, 0.717) is 4.47 Å². The van der Waals surface area contributed by atoms with Crippen LogP contribution >= 0.6 is 27.5 Å². The van der Waals surface area contributed by atoms with Crippen LogP contribution in [0, 0.1) is 5.82 Å². The number of aliphatic hydroxyl groups is 1. The molecule has 0 spiro atoms. The van der Waals surface area contributed by atoms with E-state index in [-0.39, 0.29) is 10.6 Å². The van der Waals surface area contributed by atoms with Gasteiger partial charge in [0.2, 0.25) is 0 Å². The van der Waals surface area contributed by atoms with E-state index in [4.69, 9.17) is 11.6 Å². The topological polar surface area (TPSA) is 54.4 Å². The van der Waals surface area contributed by atoms with Crippen LogP contribution in [-0.4, -0.2) is 25.5 Å². The summed E-state index contributed by atoms with van der Waals surface area (Å²) in [6.07, 6.45) is -0.449. The molecule has 0 radical (unpaired) electrons. The lowest BCUT2D eigenvalue weighted by Crippen LogP contribution is -2.14. The highest BCUT2D eigenvalue weighted by Gasteiger charge is 2.20. The largest absolute Gasteiger partial charge is 0.387 e. The second kappa shape index (κ2) is 5.00. The molecule has 0 heterocycles. The number of halogens is 3. The molecule has 90 valence electrons. The molecular formula is C9H9BrClFO3S. The smallest absolute Gasteiger partial charge is 0.150 e.